The van der Waals surface area contributed by atoms with E-state index < -0.39 is 11.8 Å². The van der Waals surface area contributed by atoms with Crippen molar-refractivity contribution in [3.05, 3.63) is 53.4 Å². The number of fused-ring (bicyclic) bond motifs is 1. The molecule has 1 fully saturated rings. The van der Waals surface area contributed by atoms with Gasteiger partial charge in [0.15, 0.2) is 0 Å². The Labute approximate surface area is 167 Å². The smallest absolute Gasteiger partial charge is 0.313 e. The minimum absolute atomic E-state index is 0.361. The Bertz CT molecular complexity index is 1040. The summed E-state index contributed by atoms with van der Waals surface area (Å²) >= 11 is 6.25. The number of pyridine rings is 1. The number of hydrogen-bond donors (Lipinski definition) is 1. The third kappa shape index (κ3) is 3.57. The van der Waals surface area contributed by atoms with Gasteiger partial charge in [-0.05, 0) is 48.6 Å². The topological polar surface area (TPSA) is 80.1 Å². The van der Waals surface area contributed by atoms with Crippen molar-refractivity contribution in [2.75, 3.05) is 18.4 Å². The van der Waals surface area contributed by atoms with Crippen LogP contribution >= 0.6 is 11.6 Å². The van der Waals surface area contributed by atoms with E-state index in [1.807, 2.05) is 25.5 Å². The molecular formula is C20H20ClN5O2. The zero-order chi connectivity index (χ0) is 19.7. The SMILES string of the molecule is Cn1cc(C2CCN(C(=O)C(=O)Nc3c(Cl)ccc4ncccc34)CC2)cn1. The molecule has 28 heavy (non-hydrogen) atoms. The Hall–Kier alpha value is -2.93. The van der Waals surface area contributed by atoms with Gasteiger partial charge in [-0.1, -0.05) is 11.6 Å². The van der Waals surface area contributed by atoms with Gasteiger partial charge in [-0.25, -0.2) is 0 Å². The number of benzene rings is 1. The normalized spacial score (nSPS) is 15.0. The summed E-state index contributed by atoms with van der Waals surface area (Å²) in [5, 5.41) is 7.96. The van der Waals surface area contributed by atoms with E-state index in [0.717, 1.165) is 12.8 Å². The fraction of sp³-hybridized carbons (Fsp3) is 0.300. The maximum atomic E-state index is 12.6. The summed E-state index contributed by atoms with van der Waals surface area (Å²) in [6, 6.07) is 7.02. The molecule has 1 aliphatic heterocycles. The summed E-state index contributed by atoms with van der Waals surface area (Å²) in [6.07, 6.45) is 7.16. The number of carbonyl (C=O) groups excluding carboxylic acids is 2. The molecule has 1 saturated heterocycles. The Morgan fingerprint density at radius 2 is 2.00 bits per heavy atom. The summed E-state index contributed by atoms with van der Waals surface area (Å²) < 4.78 is 1.78. The summed E-state index contributed by atoms with van der Waals surface area (Å²) in [6.45, 7) is 1.08. The standard InChI is InChI=1S/C20H20ClN5O2/c1-25-12-14(11-23-25)13-6-9-26(10-7-13)20(28)19(27)24-18-15-3-2-8-22-17(15)5-4-16(18)21/h2-5,8,11-13H,6-7,9-10H2,1H3,(H,24,27). The van der Waals surface area contributed by atoms with Gasteiger partial charge >= 0.3 is 11.8 Å². The number of nitrogens with zero attached hydrogens (tertiary/aromatic N) is 4. The second kappa shape index (κ2) is 7.59. The van der Waals surface area contributed by atoms with Gasteiger partial charge in [-0.2, -0.15) is 5.10 Å². The quantitative estimate of drug-likeness (QED) is 0.674. The molecule has 2 amide bonds. The Kier molecular flexibility index (Phi) is 5.00. The minimum atomic E-state index is -0.682. The average Bonchev–Trinajstić information content (AvgIpc) is 3.16. The van der Waals surface area contributed by atoms with E-state index in [9.17, 15) is 9.59 Å². The van der Waals surface area contributed by atoms with Crippen LogP contribution in [0.2, 0.25) is 5.02 Å². The van der Waals surface area contributed by atoms with Crippen molar-refractivity contribution in [3.63, 3.8) is 0 Å². The van der Waals surface area contributed by atoms with E-state index in [0.29, 0.717) is 40.6 Å². The predicted molar refractivity (Wildman–Crippen MR) is 107 cm³/mol. The van der Waals surface area contributed by atoms with Crippen LogP contribution in [0.1, 0.15) is 24.3 Å². The number of likely N-dealkylation sites (tertiary alicyclic amines) is 1. The number of rotatable bonds is 2. The molecule has 0 aliphatic carbocycles. The van der Waals surface area contributed by atoms with Crippen molar-refractivity contribution in [2.24, 2.45) is 7.05 Å². The highest BCUT2D eigenvalue weighted by molar-refractivity contribution is 6.42. The van der Waals surface area contributed by atoms with Gasteiger partial charge in [0.05, 0.1) is 22.4 Å². The van der Waals surface area contributed by atoms with E-state index in [2.05, 4.69) is 15.4 Å². The van der Waals surface area contributed by atoms with Crippen LogP contribution < -0.4 is 5.32 Å². The number of aromatic nitrogens is 3. The van der Waals surface area contributed by atoms with Gasteiger partial charge in [0.25, 0.3) is 0 Å². The number of piperidine rings is 1. The number of carbonyl (C=O) groups is 2. The highest BCUT2D eigenvalue weighted by Crippen LogP contribution is 2.31. The van der Waals surface area contributed by atoms with Crippen molar-refractivity contribution >= 4 is 40.0 Å². The highest BCUT2D eigenvalue weighted by Gasteiger charge is 2.28. The molecule has 3 heterocycles. The number of hydrogen-bond acceptors (Lipinski definition) is 4. The lowest BCUT2D eigenvalue weighted by atomic mass is 9.91. The summed E-state index contributed by atoms with van der Waals surface area (Å²) in [5.74, 6) is -0.862. The Balaban J connectivity index is 1.44. The number of aryl methyl sites for hydroxylation is 1. The van der Waals surface area contributed by atoms with Crippen LogP contribution in [-0.2, 0) is 16.6 Å². The van der Waals surface area contributed by atoms with E-state index in [1.165, 1.54) is 5.56 Å². The maximum Gasteiger partial charge on any atom is 0.313 e. The summed E-state index contributed by atoms with van der Waals surface area (Å²) in [5.41, 5.74) is 2.29. The first kappa shape index (κ1) is 18.4. The van der Waals surface area contributed by atoms with Gasteiger partial charge < -0.3 is 10.2 Å². The third-order valence-electron chi connectivity index (χ3n) is 5.15. The van der Waals surface area contributed by atoms with Crippen molar-refractivity contribution in [2.45, 2.75) is 18.8 Å². The maximum absolute atomic E-state index is 12.6. The minimum Gasteiger partial charge on any atom is -0.334 e. The first-order valence-electron chi connectivity index (χ1n) is 9.15. The Morgan fingerprint density at radius 3 is 2.71 bits per heavy atom. The molecule has 3 aromatic rings. The summed E-state index contributed by atoms with van der Waals surface area (Å²) in [7, 11) is 1.89. The lowest BCUT2D eigenvalue weighted by molar-refractivity contribution is -0.143. The van der Waals surface area contributed by atoms with Gasteiger partial charge in [0, 0.05) is 37.9 Å². The molecule has 1 aliphatic rings. The van der Waals surface area contributed by atoms with Crippen LogP contribution in [0.3, 0.4) is 0 Å². The third-order valence-corrected chi connectivity index (χ3v) is 5.46. The highest BCUT2D eigenvalue weighted by atomic mass is 35.5. The van der Waals surface area contributed by atoms with Crippen molar-refractivity contribution < 1.29 is 9.59 Å². The zero-order valence-corrected chi connectivity index (χ0v) is 16.2. The molecular weight excluding hydrogens is 378 g/mol. The molecule has 0 bridgehead atoms. The molecule has 4 rings (SSSR count). The van der Waals surface area contributed by atoms with Gasteiger partial charge in [-0.15, -0.1) is 0 Å². The van der Waals surface area contributed by atoms with Crippen molar-refractivity contribution in [3.8, 4) is 0 Å². The van der Waals surface area contributed by atoms with Crippen LogP contribution in [0.5, 0.6) is 0 Å². The first-order chi connectivity index (χ1) is 13.5. The van der Waals surface area contributed by atoms with Crippen LogP contribution in [0.4, 0.5) is 5.69 Å². The number of anilines is 1. The van der Waals surface area contributed by atoms with Crippen LogP contribution in [0.25, 0.3) is 10.9 Å². The van der Waals surface area contributed by atoms with Gasteiger partial charge in [0.1, 0.15) is 0 Å². The van der Waals surface area contributed by atoms with Crippen LogP contribution in [0, 0.1) is 0 Å². The molecule has 0 spiro atoms. The number of halogens is 1. The monoisotopic (exact) mass is 397 g/mol. The molecule has 2 aromatic heterocycles. The van der Waals surface area contributed by atoms with Crippen molar-refractivity contribution in [1.82, 2.24) is 19.7 Å². The molecule has 7 nitrogen and oxygen atoms in total. The number of nitrogens with one attached hydrogen (secondary N) is 1. The first-order valence-corrected chi connectivity index (χ1v) is 9.53. The molecule has 144 valence electrons. The molecule has 0 unspecified atom stereocenters. The summed E-state index contributed by atoms with van der Waals surface area (Å²) in [4.78, 5) is 31.1. The second-order valence-corrected chi connectivity index (χ2v) is 7.37. The molecule has 1 aromatic carbocycles. The molecule has 8 heteroatoms. The molecule has 0 atom stereocenters. The van der Waals surface area contributed by atoms with E-state index >= 15 is 0 Å². The lowest BCUT2D eigenvalue weighted by Crippen LogP contribution is -2.43. The number of amides is 2. The molecule has 0 radical (unpaired) electrons. The van der Waals surface area contributed by atoms with Crippen molar-refractivity contribution in [1.29, 1.82) is 0 Å². The predicted octanol–water partition coefficient (Wildman–Crippen LogP) is 2.97. The second-order valence-electron chi connectivity index (χ2n) is 6.96. The molecule has 0 saturated carbocycles. The van der Waals surface area contributed by atoms with Gasteiger partial charge in [0.2, 0.25) is 0 Å². The fourth-order valence-electron chi connectivity index (χ4n) is 3.63. The largest absolute Gasteiger partial charge is 0.334 e. The van der Waals surface area contributed by atoms with E-state index in [-0.39, 0.29) is 0 Å². The lowest BCUT2D eigenvalue weighted by Gasteiger charge is -2.31. The zero-order valence-electron chi connectivity index (χ0n) is 15.4. The average molecular weight is 398 g/mol. The molecule has 1 N–H and O–H groups in total. The van der Waals surface area contributed by atoms with Crippen LogP contribution in [-0.4, -0.2) is 44.6 Å². The van der Waals surface area contributed by atoms with Gasteiger partial charge in [-0.3, -0.25) is 19.3 Å². The fourth-order valence-corrected chi connectivity index (χ4v) is 3.84. The van der Waals surface area contributed by atoms with E-state index in [1.54, 1.807) is 34.0 Å². The van der Waals surface area contributed by atoms with E-state index in [4.69, 9.17) is 11.6 Å². The Morgan fingerprint density at radius 1 is 1.21 bits per heavy atom. The van der Waals surface area contributed by atoms with Crippen LogP contribution in [0.15, 0.2) is 42.9 Å².